The highest BCUT2D eigenvalue weighted by molar-refractivity contribution is 6.31. The lowest BCUT2D eigenvalue weighted by atomic mass is 10.2. The van der Waals surface area contributed by atoms with E-state index in [1.54, 1.807) is 49.4 Å². The number of nitrogens with zero attached hydrogens (tertiary/aromatic N) is 1. The fourth-order valence-corrected chi connectivity index (χ4v) is 2.21. The van der Waals surface area contributed by atoms with Gasteiger partial charge in [-0.15, -0.1) is 0 Å². The van der Waals surface area contributed by atoms with Crippen LogP contribution in [0.25, 0.3) is 0 Å². The molecule has 1 heterocycles. The number of rotatable bonds is 3. The zero-order chi connectivity index (χ0) is 15.7. The van der Waals surface area contributed by atoms with Gasteiger partial charge in [-0.1, -0.05) is 24.3 Å². The summed E-state index contributed by atoms with van der Waals surface area (Å²) in [6.45, 7) is 1.65. The van der Waals surface area contributed by atoms with Crippen LogP contribution in [0.2, 0.25) is 0 Å². The van der Waals surface area contributed by atoms with Crippen LogP contribution in [-0.4, -0.2) is 11.8 Å². The third kappa shape index (κ3) is 2.48. The largest absolute Gasteiger partial charge is 0.351 e. The van der Waals surface area contributed by atoms with E-state index < -0.39 is 11.8 Å². The second kappa shape index (κ2) is 5.44. The number of hydrogen-bond acceptors (Lipinski definition) is 3. The third-order valence-electron chi connectivity index (χ3n) is 3.39. The van der Waals surface area contributed by atoms with Gasteiger partial charge in [0.2, 0.25) is 0 Å². The maximum absolute atomic E-state index is 13.5. The quantitative estimate of drug-likeness (QED) is 0.886. The van der Waals surface area contributed by atoms with Crippen LogP contribution in [0, 0.1) is 12.7 Å². The zero-order valence-electron chi connectivity index (χ0n) is 11.8. The molecule has 0 aliphatic carbocycles. The fourth-order valence-electron chi connectivity index (χ4n) is 2.21. The number of amides is 2. The lowest BCUT2D eigenvalue weighted by Gasteiger charge is -2.15. The Morgan fingerprint density at radius 3 is 2.45 bits per heavy atom. The first-order valence-electron chi connectivity index (χ1n) is 6.74. The minimum atomic E-state index is -0.461. The Kier molecular flexibility index (Phi) is 3.47. The second-order valence-electron chi connectivity index (χ2n) is 4.96. The molecule has 0 saturated heterocycles. The first kappa shape index (κ1) is 14.0. The summed E-state index contributed by atoms with van der Waals surface area (Å²) in [4.78, 5) is 25.5. The summed E-state index contributed by atoms with van der Waals surface area (Å²) >= 11 is 0. The van der Waals surface area contributed by atoms with Crippen molar-refractivity contribution in [3.8, 4) is 0 Å². The minimum Gasteiger partial charge on any atom is -0.351 e. The average Bonchev–Trinajstić information content (AvgIpc) is 2.78. The molecule has 2 amide bonds. The summed E-state index contributed by atoms with van der Waals surface area (Å²) in [5, 5.41) is 2.80. The van der Waals surface area contributed by atoms with E-state index in [1.807, 2.05) is 0 Å². The average molecular weight is 296 g/mol. The maximum Gasteiger partial charge on any atom is 0.281 e. The second-order valence-corrected chi connectivity index (χ2v) is 4.96. The lowest BCUT2D eigenvalue weighted by molar-refractivity contribution is -0.120. The van der Waals surface area contributed by atoms with Crippen LogP contribution in [0.4, 0.5) is 15.8 Å². The molecule has 1 aliphatic heterocycles. The first-order chi connectivity index (χ1) is 10.6. The molecule has 0 fully saturated rings. The monoisotopic (exact) mass is 296 g/mol. The van der Waals surface area contributed by atoms with E-state index in [4.69, 9.17) is 0 Å². The number of imide groups is 1. The Balaban J connectivity index is 1.84. The Morgan fingerprint density at radius 1 is 1.05 bits per heavy atom. The van der Waals surface area contributed by atoms with E-state index in [9.17, 15) is 14.0 Å². The highest BCUT2D eigenvalue weighted by Gasteiger charge is 2.32. The predicted molar refractivity (Wildman–Crippen MR) is 81.8 cm³/mol. The minimum absolute atomic E-state index is 0.122. The number of carbonyl (C=O) groups is 2. The van der Waals surface area contributed by atoms with Crippen LogP contribution in [-0.2, 0) is 9.59 Å². The van der Waals surface area contributed by atoms with Gasteiger partial charge in [0.25, 0.3) is 11.8 Å². The molecule has 1 aliphatic rings. The Labute approximate surface area is 126 Å². The number of para-hydroxylation sites is 1. The summed E-state index contributed by atoms with van der Waals surface area (Å²) in [5.41, 5.74) is 1.56. The Morgan fingerprint density at radius 2 is 1.77 bits per heavy atom. The number of nitrogens with one attached hydrogen (secondary N) is 1. The van der Waals surface area contributed by atoms with Gasteiger partial charge in [-0.3, -0.25) is 9.59 Å². The maximum atomic E-state index is 13.5. The number of benzene rings is 2. The van der Waals surface area contributed by atoms with Crippen LogP contribution in [0.3, 0.4) is 0 Å². The van der Waals surface area contributed by atoms with Gasteiger partial charge in [0.15, 0.2) is 0 Å². The van der Waals surface area contributed by atoms with Gasteiger partial charge < -0.3 is 5.32 Å². The highest BCUT2D eigenvalue weighted by atomic mass is 19.1. The molecule has 3 rings (SSSR count). The fraction of sp³-hybridized carbons (Fsp3) is 0.0588. The summed E-state index contributed by atoms with van der Waals surface area (Å²) in [6.07, 6.45) is 1.22. The molecule has 0 radical (unpaired) electrons. The molecule has 0 aromatic heterocycles. The van der Waals surface area contributed by atoms with Gasteiger partial charge in [-0.2, -0.15) is 0 Å². The molecule has 4 nitrogen and oxygen atoms in total. The number of hydrogen-bond donors (Lipinski definition) is 1. The van der Waals surface area contributed by atoms with E-state index in [-0.39, 0.29) is 11.5 Å². The molecule has 1 N–H and O–H groups in total. The smallest absolute Gasteiger partial charge is 0.281 e. The van der Waals surface area contributed by atoms with Gasteiger partial charge in [-0.25, -0.2) is 9.29 Å². The molecule has 2 aromatic rings. The van der Waals surface area contributed by atoms with E-state index in [2.05, 4.69) is 5.32 Å². The van der Waals surface area contributed by atoms with Crippen molar-refractivity contribution in [2.75, 3.05) is 10.2 Å². The normalized spacial score (nSPS) is 14.3. The van der Waals surface area contributed by atoms with Gasteiger partial charge in [0, 0.05) is 11.8 Å². The molecular formula is C17H13FN2O2. The molecule has 22 heavy (non-hydrogen) atoms. The van der Waals surface area contributed by atoms with Crippen LogP contribution in [0.5, 0.6) is 0 Å². The number of halogens is 1. The van der Waals surface area contributed by atoms with Crippen molar-refractivity contribution in [1.82, 2.24) is 0 Å². The summed E-state index contributed by atoms with van der Waals surface area (Å²) in [5.74, 6) is -1.26. The van der Waals surface area contributed by atoms with Crippen molar-refractivity contribution in [1.29, 1.82) is 0 Å². The Bertz CT molecular complexity index is 785. The van der Waals surface area contributed by atoms with E-state index in [0.29, 0.717) is 16.9 Å². The Hall–Kier alpha value is -2.95. The molecule has 0 atom stereocenters. The first-order valence-corrected chi connectivity index (χ1v) is 6.74. The van der Waals surface area contributed by atoms with Gasteiger partial charge in [-0.05, 0) is 36.8 Å². The van der Waals surface area contributed by atoms with E-state index >= 15 is 0 Å². The van der Waals surface area contributed by atoms with Crippen molar-refractivity contribution in [3.05, 3.63) is 71.7 Å². The molecule has 0 saturated carbocycles. The summed E-state index contributed by atoms with van der Waals surface area (Å²) in [7, 11) is 0. The molecule has 0 bridgehead atoms. The molecule has 110 valence electrons. The highest BCUT2D eigenvalue weighted by Crippen LogP contribution is 2.24. The van der Waals surface area contributed by atoms with Gasteiger partial charge in [0.1, 0.15) is 11.5 Å². The lowest BCUT2D eigenvalue weighted by Crippen LogP contribution is -2.31. The summed E-state index contributed by atoms with van der Waals surface area (Å²) in [6, 6.07) is 13.2. The topological polar surface area (TPSA) is 49.4 Å². The zero-order valence-corrected chi connectivity index (χ0v) is 11.8. The molecule has 2 aromatic carbocycles. The molecule has 0 unspecified atom stereocenters. The standard InChI is InChI=1S/C17H13FN2O2/c1-11-7-8-12(9-14(11)18)19-15-10-16(21)20(17(15)22)13-5-3-2-4-6-13/h2-10,19H,1H3. The number of aryl methyl sites for hydroxylation is 1. The van der Waals surface area contributed by atoms with Gasteiger partial charge in [0.05, 0.1) is 5.69 Å². The molecule has 5 heteroatoms. The van der Waals surface area contributed by atoms with Crippen LogP contribution in [0.15, 0.2) is 60.3 Å². The van der Waals surface area contributed by atoms with E-state index in [1.165, 1.54) is 12.1 Å². The van der Waals surface area contributed by atoms with Crippen molar-refractivity contribution < 1.29 is 14.0 Å². The van der Waals surface area contributed by atoms with Crippen LogP contribution < -0.4 is 10.2 Å². The van der Waals surface area contributed by atoms with Crippen molar-refractivity contribution >= 4 is 23.2 Å². The molecule has 0 spiro atoms. The molecular weight excluding hydrogens is 283 g/mol. The van der Waals surface area contributed by atoms with Crippen LogP contribution >= 0.6 is 0 Å². The third-order valence-corrected chi connectivity index (χ3v) is 3.39. The van der Waals surface area contributed by atoms with Crippen molar-refractivity contribution in [2.45, 2.75) is 6.92 Å². The van der Waals surface area contributed by atoms with Crippen molar-refractivity contribution in [3.63, 3.8) is 0 Å². The van der Waals surface area contributed by atoms with Gasteiger partial charge >= 0.3 is 0 Å². The SMILES string of the molecule is Cc1ccc(NC2=CC(=O)N(c3ccccc3)C2=O)cc1F. The predicted octanol–water partition coefficient (Wildman–Crippen LogP) is 3.00. The summed E-state index contributed by atoms with van der Waals surface area (Å²) < 4.78 is 13.5. The van der Waals surface area contributed by atoms with Crippen LogP contribution in [0.1, 0.15) is 5.56 Å². The van der Waals surface area contributed by atoms with E-state index in [0.717, 1.165) is 4.90 Å². The number of anilines is 2. The van der Waals surface area contributed by atoms with Crippen molar-refractivity contribution in [2.24, 2.45) is 0 Å². The number of carbonyl (C=O) groups excluding carboxylic acids is 2.